The molecule has 0 radical (unpaired) electrons. The summed E-state index contributed by atoms with van der Waals surface area (Å²) in [6.07, 6.45) is 6.76. The van der Waals surface area contributed by atoms with Gasteiger partial charge in [0.05, 0.1) is 18.8 Å². The zero-order valence-corrected chi connectivity index (χ0v) is 21.5. The minimum Gasteiger partial charge on any atom is -0.447 e. The summed E-state index contributed by atoms with van der Waals surface area (Å²) in [5.74, 6) is 1.41. The van der Waals surface area contributed by atoms with Crippen LogP contribution < -0.4 is 0 Å². The highest BCUT2D eigenvalue weighted by Gasteiger charge is 2.34. The van der Waals surface area contributed by atoms with Crippen LogP contribution in [0, 0.1) is 0 Å². The van der Waals surface area contributed by atoms with Crippen LogP contribution in [0.4, 0.5) is 0 Å². The molecule has 0 saturated heterocycles. The van der Waals surface area contributed by atoms with Crippen LogP contribution in [0.5, 0.6) is 0 Å². The quantitative estimate of drug-likeness (QED) is 0.0960. The van der Waals surface area contributed by atoms with Crippen molar-refractivity contribution in [2.75, 3.05) is 5.38 Å². The fourth-order valence-electron chi connectivity index (χ4n) is 2.46. The molecular formula is C16H24N10OS2Si2. The molecule has 0 unspecified atom stereocenters. The highest BCUT2D eigenvalue weighted by atomic mass is 32.4. The van der Waals surface area contributed by atoms with Gasteiger partial charge in [0.2, 0.25) is 7.47 Å². The lowest BCUT2D eigenvalue weighted by Gasteiger charge is -2.32. The van der Waals surface area contributed by atoms with E-state index >= 15 is 0 Å². The van der Waals surface area contributed by atoms with E-state index in [4.69, 9.17) is 15.2 Å². The first-order valence-corrected chi connectivity index (χ1v) is 18.0. The third-order valence-electron chi connectivity index (χ3n) is 3.69. The average molecular weight is 493 g/mol. The molecule has 0 N–H and O–H groups in total. The first-order chi connectivity index (χ1) is 14.7. The van der Waals surface area contributed by atoms with Crippen molar-refractivity contribution in [3.05, 3.63) is 62.6 Å². The number of rotatable bonds is 12. The van der Waals surface area contributed by atoms with Gasteiger partial charge in [0, 0.05) is 40.0 Å². The van der Waals surface area contributed by atoms with E-state index in [0.717, 1.165) is 22.3 Å². The normalized spacial score (nSPS) is 11.5. The third-order valence-corrected chi connectivity index (χ3v) is 16.1. The second-order valence-corrected chi connectivity index (χ2v) is 20.8. The number of thioether (sulfide) groups is 1. The molecule has 2 heterocycles. The van der Waals surface area contributed by atoms with Gasteiger partial charge in [0.1, 0.15) is 5.82 Å². The number of hydrogen-bond acceptors (Lipinski definition) is 9. The minimum atomic E-state index is -1.99. The first kappa shape index (κ1) is 25.1. The van der Waals surface area contributed by atoms with Crippen LogP contribution in [0.3, 0.4) is 0 Å². The molecule has 11 nitrogen and oxygen atoms in total. The Labute approximate surface area is 191 Å². The Balaban J connectivity index is 1.84. The smallest absolute Gasteiger partial charge is 0.237 e. The maximum Gasteiger partial charge on any atom is 0.237 e. The highest BCUT2D eigenvalue weighted by molar-refractivity contribution is 8.27. The summed E-state index contributed by atoms with van der Waals surface area (Å²) < 4.78 is 6.62. The molecule has 0 aromatic carbocycles. The van der Waals surface area contributed by atoms with E-state index in [2.05, 4.69) is 66.2 Å². The van der Waals surface area contributed by atoms with Gasteiger partial charge in [-0.25, -0.2) is 19.9 Å². The van der Waals surface area contributed by atoms with Crippen molar-refractivity contribution in [2.45, 2.75) is 50.2 Å². The van der Waals surface area contributed by atoms with E-state index in [0.29, 0.717) is 10.9 Å². The maximum atomic E-state index is 8.38. The monoisotopic (exact) mass is 492 g/mol. The van der Waals surface area contributed by atoms with Gasteiger partial charge in [0.25, 0.3) is 0 Å². The predicted octanol–water partition coefficient (Wildman–Crippen LogP) is 5.38. The van der Waals surface area contributed by atoms with Crippen LogP contribution in [0.25, 0.3) is 20.9 Å². The molecule has 0 aliphatic heterocycles. The molecule has 2 aromatic heterocycles. The third kappa shape index (κ3) is 9.69. The summed E-state index contributed by atoms with van der Waals surface area (Å²) >= 11 is 3.37. The molecule has 0 aliphatic rings. The van der Waals surface area contributed by atoms with E-state index in [-0.39, 0.29) is 13.1 Å². The molecule has 2 aromatic rings. The number of hydrogen-bond donors (Lipinski definition) is 0. The largest absolute Gasteiger partial charge is 0.447 e. The summed E-state index contributed by atoms with van der Waals surface area (Å²) in [4.78, 5) is 22.8. The van der Waals surface area contributed by atoms with E-state index < -0.39 is 15.8 Å². The molecule has 0 saturated carbocycles. The Bertz CT molecular complexity index is 868. The summed E-state index contributed by atoms with van der Waals surface area (Å²) in [6, 6.07) is 0. The average Bonchev–Trinajstić information content (AvgIpc) is 2.74. The van der Waals surface area contributed by atoms with Gasteiger partial charge < -0.3 is 4.12 Å². The van der Waals surface area contributed by atoms with Crippen molar-refractivity contribution < 1.29 is 4.12 Å². The standard InChI is InChI=1S/C16H24N10OS2Si2/c1-30(2,12-28-16-21-7-14(8-22-16)10-24-26-18)27-31(3,4)29-11-15-19-5-13(6-20-15)9-23-25-17/h5-8H,9-12H2,1-4H3. The number of aromatic nitrogens is 4. The second-order valence-electron chi connectivity index (χ2n) is 7.50. The van der Waals surface area contributed by atoms with Crippen LogP contribution >= 0.6 is 23.0 Å². The number of azide groups is 2. The van der Waals surface area contributed by atoms with Gasteiger partial charge in [-0.1, -0.05) is 22.0 Å². The van der Waals surface area contributed by atoms with Crippen molar-refractivity contribution in [3.8, 4) is 0 Å². The van der Waals surface area contributed by atoms with E-state index in [9.17, 15) is 0 Å². The summed E-state index contributed by atoms with van der Waals surface area (Å²) in [6.45, 7) is 9.29. The molecule has 164 valence electrons. The Morgan fingerprint density at radius 2 is 1.42 bits per heavy atom. The lowest BCUT2D eigenvalue weighted by molar-refractivity contribution is 0.574. The molecule has 0 aliphatic carbocycles. The molecule has 15 heteroatoms. The molecule has 0 fully saturated rings. The van der Waals surface area contributed by atoms with Gasteiger partial charge in [-0.15, -0.1) is 11.2 Å². The van der Waals surface area contributed by atoms with Crippen LogP contribution in [-0.2, 0) is 23.0 Å². The topological polar surface area (TPSA) is 158 Å². The van der Waals surface area contributed by atoms with Gasteiger partial charge in [-0.2, -0.15) is 0 Å². The first-order valence-electron chi connectivity index (χ1n) is 9.32. The fourth-order valence-corrected chi connectivity index (χ4v) is 15.6. The van der Waals surface area contributed by atoms with Gasteiger partial charge in [-0.05, 0) is 48.4 Å². The Morgan fingerprint density at radius 1 is 0.903 bits per heavy atom. The van der Waals surface area contributed by atoms with Gasteiger partial charge >= 0.3 is 0 Å². The van der Waals surface area contributed by atoms with Gasteiger partial charge in [0.15, 0.2) is 13.5 Å². The van der Waals surface area contributed by atoms with Crippen molar-refractivity contribution in [2.24, 2.45) is 10.2 Å². The lowest BCUT2D eigenvalue weighted by atomic mass is 10.3. The van der Waals surface area contributed by atoms with Crippen molar-refractivity contribution >= 4 is 38.8 Å². The van der Waals surface area contributed by atoms with Crippen molar-refractivity contribution in [1.82, 2.24) is 19.9 Å². The van der Waals surface area contributed by atoms with E-state index in [1.807, 2.05) is 0 Å². The molecule has 2 rings (SSSR count). The second kappa shape index (κ2) is 12.0. The zero-order chi connectivity index (χ0) is 22.7. The predicted molar refractivity (Wildman–Crippen MR) is 128 cm³/mol. The lowest BCUT2D eigenvalue weighted by Crippen LogP contribution is -2.44. The van der Waals surface area contributed by atoms with Crippen LogP contribution in [0.15, 0.2) is 40.2 Å². The number of nitrogens with zero attached hydrogens (tertiary/aromatic N) is 10. The summed E-state index contributed by atoms with van der Waals surface area (Å²) in [5.41, 5.74) is 18.3. The minimum absolute atomic E-state index is 0.252. The van der Waals surface area contributed by atoms with Crippen molar-refractivity contribution in [3.63, 3.8) is 0 Å². The molecule has 0 atom stereocenters. The Morgan fingerprint density at radius 3 is 1.94 bits per heavy atom. The molecule has 0 amide bonds. The van der Waals surface area contributed by atoms with Crippen molar-refractivity contribution in [1.29, 1.82) is 0 Å². The molecule has 31 heavy (non-hydrogen) atoms. The molecule has 0 spiro atoms. The SMILES string of the molecule is C[Si](C)(CSc1ncc(CN=[N+]=[N-])cn1)O[Si](C)(C)SCc1ncc(CN=[N+]=[N-])cn1. The van der Waals surface area contributed by atoms with Crippen LogP contribution in [-0.4, -0.2) is 41.1 Å². The van der Waals surface area contributed by atoms with Gasteiger partial charge in [-0.3, -0.25) is 0 Å². The Hall–Kier alpha value is -2.13. The van der Waals surface area contributed by atoms with E-state index in [1.54, 1.807) is 47.8 Å². The Kier molecular flexibility index (Phi) is 9.77. The zero-order valence-electron chi connectivity index (χ0n) is 17.8. The van der Waals surface area contributed by atoms with Crippen LogP contribution in [0.2, 0.25) is 26.2 Å². The van der Waals surface area contributed by atoms with E-state index in [1.165, 1.54) is 0 Å². The fraction of sp³-hybridized carbons (Fsp3) is 0.500. The molecular weight excluding hydrogens is 469 g/mol. The molecule has 0 bridgehead atoms. The summed E-state index contributed by atoms with van der Waals surface area (Å²) in [5, 5.41) is 8.55. The highest BCUT2D eigenvalue weighted by Crippen LogP contribution is 2.30. The maximum absolute atomic E-state index is 8.38. The summed E-state index contributed by atoms with van der Waals surface area (Å²) in [7, 11) is -3.94. The van der Waals surface area contributed by atoms with Crippen LogP contribution in [0.1, 0.15) is 17.0 Å².